The van der Waals surface area contributed by atoms with Gasteiger partial charge < -0.3 is 10.0 Å². The highest BCUT2D eigenvalue weighted by Crippen LogP contribution is 2.36. The lowest BCUT2D eigenvalue weighted by Gasteiger charge is -2.00. The summed E-state index contributed by atoms with van der Waals surface area (Å²) in [5.74, 6) is 0. The second-order valence-corrected chi connectivity index (χ2v) is 5.61. The molecule has 0 bridgehead atoms. The summed E-state index contributed by atoms with van der Waals surface area (Å²) in [6.45, 7) is 0. The van der Waals surface area contributed by atoms with Crippen molar-refractivity contribution in [2.24, 2.45) is 0 Å². The Morgan fingerprint density at radius 3 is 2.71 bits per heavy atom. The van der Waals surface area contributed by atoms with Crippen molar-refractivity contribution in [2.75, 3.05) is 0 Å². The number of hydrogen-bond acceptors (Lipinski definition) is 4. The molecular weight excluding hydrogens is 283 g/mol. The molecule has 2 aromatic rings. The molecule has 1 aromatic carbocycles. The van der Waals surface area contributed by atoms with E-state index in [9.17, 15) is 0 Å². The summed E-state index contributed by atoms with van der Waals surface area (Å²) in [5, 5.41) is 19.2. The maximum atomic E-state index is 9.14. The molecule has 1 aromatic heterocycles. The van der Waals surface area contributed by atoms with Crippen LogP contribution < -0.4 is 5.46 Å². The predicted molar refractivity (Wildman–Crippen MR) is 66.6 cm³/mol. The van der Waals surface area contributed by atoms with Crippen LogP contribution in [0, 0.1) is 0 Å². The maximum Gasteiger partial charge on any atom is 0.489 e. The maximum absolute atomic E-state index is 9.14. The topological polar surface area (TPSA) is 40.5 Å². The van der Waals surface area contributed by atoms with Gasteiger partial charge in [0.1, 0.15) is 0 Å². The first-order valence-corrected chi connectivity index (χ1v) is 5.93. The Balaban J connectivity index is 2.81. The Bertz CT molecular complexity index is 483. The zero-order valence-corrected chi connectivity index (χ0v) is 10.2. The fourth-order valence-corrected chi connectivity index (χ4v) is 3.36. The van der Waals surface area contributed by atoms with Gasteiger partial charge in [-0.1, -0.05) is 18.2 Å². The van der Waals surface area contributed by atoms with Crippen LogP contribution in [0.5, 0.6) is 0 Å². The minimum absolute atomic E-state index is 0.522. The van der Waals surface area contributed by atoms with Gasteiger partial charge in [-0.25, -0.2) is 0 Å². The van der Waals surface area contributed by atoms with Crippen molar-refractivity contribution in [1.29, 1.82) is 0 Å². The van der Waals surface area contributed by atoms with Gasteiger partial charge >= 0.3 is 7.12 Å². The number of hydrogen-bond donors (Lipinski definition) is 3. The second kappa shape index (κ2) is 3.86. The Kier molecular flexibility index (Phi) is 2.90. The molecular formula is C8H6BBrO2S2. The summed E-state index contributed by atoms with van der Waals surface area (Å²) < 4.78 is 1.77. The van der Waals surface area contributed by atoms with Gasteiger partial charge in [-0.05, 0) is 21.4 Å². The average Bonchev–Trinajstić information content (AvgIpc) is 2.43. The molecule has 0 spiro atoms. The van der Waals surface area contributed by atoms with Gasteiger partial charge in [-0.15, -0.1) is 24.0 Å². The smallest absolute Gasteiger partial charge is 0.423 e. The fourth-order valence-electron chi connectivity index (χ4n) is 1.30. The zero-order chi connectivity index (χ0) is 10.3. The molecule has 14 heavy (non-hydrogen) atoms. The first-order valence-electron chi connectivity index (χ1n) is 3.87. The molecule has 2 N–H and O–H groups in total. The molecule has 72 valence electrons. The molecule has 0 atom stereocenters. The normalized spacial score (nSPS) is 10.9. The van der Waals surface area contributed by atoms with Gasteiger partial charge in [-0.3, -0.25) is 0 Å². The monoisotopic (exact) mass is 288 g/mol. The van der Waals surface area contributed by atoms with E-state index in [1.165, 1.54) is 11.3 Å². The molecule has 0 aliphatic carbocycles. The third kappa shape index (κ3) is 1.61. The fraction of sp³-hybridized carbons (Fsp3) is 0. The number of halogens is 1. The van der Waals surface area contributed by atoms with Crippen LogP contribution in [0.4, 0.5) is 0 Å². The first-order chi connectivity index (χ1) is 6.61. The summed E-state index contributed by atoms with van der Waals surface area (Å²) in [6, 6.07) is 5.39. The minimum Gasteiger partial charge on any atom is -0.423 e. The van der Waals surface area contributed by atoms with Crippen molar-refractivity contribution in [3.05, 3.63) is 22.0 Å². The molecule has 0 amide bonds. The van der Waals surface area contributed by atoms with E-state index >= 15 is 0 Å². The van der Waals surface area contributed by atoms with E-state index in [2.05, 4.69) is 28.6 Å². The number of fused-ring (bicyclic) bond motifs is 1. The van der Waals surface area contributed by atoms with Crippen LogP contribution in [0.1, 0.15) is 0 Å². The molecule has 0 saturated heterocycles. The Morgan fingerprint density at radius 2 is 2.07 bits per heavy atom. The van der Waals surface area contributed by atoms with Gasteiger partial charge in [0.25, 0.3) is 0 Å². The van der Waals surface area contributed by atoms with Crippen molar-refractivity contribution in [1.82, 2.24) is 0 Å². The van der Waals surface area contributed by atoms with Crippen LogP contribution in [0.15, 0.2) is 26.9 Å². The van der Waals surface area contributed by atoms with Crippen LogP contribution in [-0.2, 0) is 0 Å². The summed E-state index contributed by atoms with van der Waals surface area (Å²) in [6.07, 6.45) is 0. The lowest BCUT2D eigenvalue weighted by atomic mass is 9.80. The number of rotatable bonds is 1. The number of thiophene rings is 1. The van der Waals surface area contributed by atoms with Gasteiger partial charge in [0, 0.05) is 15.0 Å². The third-order valence-corrected chi connectivity index (χ3v) is 4.80. The molecule has 6 heteroatoms. The van der Waals surface area contributed by atoms with Crippen molar-refractivity contribution < 1.29 is 10.0 Å². The van der Waals surface area contributed by atoms with Crippen LogP contribution in [0.3, 0.4) is 0 Å². The Labute approximate surface area is 99.3 Å². The quantitative estimate of drug-likeness (QED) is 0.551. The number of thiol groups is 1. The molecule has 0 unspecified atom stereocenters. The van der Waals surface area contributed by atoms with E-state index in [1.54, 1.807) is 12.1 Å². The lowest BCUT2D eigenvalue weighted by Crippen LogP contribution is -2.29. The van der Waals surface area contributed by atoms with Gasteiger partial charge in [0.2, 0.25) is 0 Å². The highest BCUT2D eigenvalue weighted by molar-refractivity contribution is 9.11. The van der Waals surface area contributed by atoms with Crippen molar-refractivity contribution in [3.8, 4) is 0 Å². The van der Waals surface area contributed by atoms with E-state index in [1.807, 2.05) is 6.07 Å². The van der Waals surface area contributed by atoms with Gasteiger partial charge in [0.15, 0.2) is 0 Å². The molecule has 1 heterocycles. The molecule has 0 fully saturated rings. The van der Waals surface area contributed by atoms with Crippen molar-refractivity contribution in [2.45, 2.75) is 4.90 Å². The number of benzene rings is 1. The van der Waals surface area contributed by atoms with Crippen LogP contribution in [0.25, 0.3) is 10.1 Å². The van der Waals surface area contributed by atoms with Gasteiger partial charge in [0.05, 0.1) is 3.79 Å². The summed E-state index contributed by atoms with van der Waals surface area (Å²) in [7, 11) is -1.43. The van der Waals surface area contributed by atoms with Crippen molar-refractivity contribution >= 4 is 62.6 Å². The zero-order valence-electron chi connectivity index (χ0n) is 6.94. The van der Waals surface area contributed by atoms with E-state index in [4.69, 9.17) is 10.0 Å². The van der Waals surface area contributed by atoms with Crippen LogP contribution >= 0.6 is 39.9 Å². The molecule has 0 radical (unpaired) electrons. The predicted octanol–water partition coefficient (Wildman–Crippen LogP) is 1.63. The lowest BCUT2D eigenvalue weighted by molar-refractivity contribution is 0.426. The molecule has 0 aliphatic heterocycles. The molecule has 2 rings (SSSR count). The largest absolute Gasteiger partial charge is 0.489 e. The van der Waals surface area contributed by atoms with Gasteiger partial charge in [-0.2, -0.15) is 0 Å². The summed E-state index contributed by atoms with van der Waals surface area (Å²) in [5.41, 5.74) is 0.522. The van der Waals surface area contributed by atoms with E-state index in [0.29, 0.717) is 5.46 Å². The van der Waals surface area contributed by atoms with E-state index in [-0.39, 0.29) is 0 Å². The Hall–Kier alpha value is -0.00506. The molecule has 2 nitrogen and oxygen atoms in total. The summed E-state index contributed by atoms with van der Waals surface area (Å²) >= 11 is 9.16. The standard InChI is InChI=1S/C8H6BBrO2S2/c10-8-6(13)4-2-1-3-5(9(11)12)7(4)14-8/h1-3,11-13H. The highest BCUT2D eigenvalue weighted by atomic mass is 79.9. The average molecular weight is 289 g/mol. The van der Waals surface area contributed by atoms with Crippen LogP contribution in [-0.4, -0.2) is 17.2 Å². The van der Waals surface area contributed by atoms with E-state index < -0.39 is 7.12 Å². The highest BCUT2D eigenvalue weighted by Gasteiger charge is 2.17. The van der Waals surface area contributed by atoms with E-state index in [0.717, 1.165) is 18.8 Å². The molecule has 0 aliphatic rings. The van der Waals surface area contributed by atoms with Crippen LogP contribution in [0.2, 0.25) is 0 Å². The minimum atomic E-state index is -1.43. The summed E-state index contributed by atoms with van der Waals surface area (Å²) in [4.78, 5) is 0.840. The molecule has 0 saturated carbocycles. The third-order valence-electron chi connectivity index (χ3n) is 1.96. The second-order valence-electron chi connectivity index (χ2n) is 2.82. The SMILES string of the molecule is OB(O)c1cccc2c(S)c(Br)sc12. The van der Waals surface area contributed by atoms with Crippen molar-refractivity contribution in [3.63, 3.8) is 0 Å². The Morgan fingerprint density at radius 1 is 1.36 bits per heavy atom. The first kappa shape index (κ1) is 10.5.